The van der Waals surface area contributed by atoms with E-state index in [2.05, 4.69) is 5.32 Å². The highest BCUT2D eigenvalue weighted by molar-refractivity contribution is 5.97. The zero-order chi connectivity index (χ0) is 17.3. The van der Waals surface area contributed by atoms with Gasteiger partial charge in [-0.05, 0) is 49.4 Å². The second kappa shape index (κ2) is 6.47. The summed E-state index contributed by atoms with van der Waals surface area (Å²) in [6.07, 6.45) is 3.44. The normalized spacial score (nSPS) is 16.5. The zero-order valence-electron chi connectivity index (χ0n) is 13.3. The number of carbonyl (C=O) groups excluding carboxylic acids is 1. The van der Waals surface area contributed by atoms with E-state index in [0.29, 0.717) is 5.56 Å². The molecule has 0 aliphatic heterocycles. The van der Waals surface area contributed by atoms with Crippen molar-refractivity contribution in [1.29, 1.82) is 0 Å². The topological polar surface area (TPSA) is 79.5 Å². The number of fused-ring (bicyclic) bond motifs is 1. The van der Waals surface area contributed by atoms with Crippen LogP contribution in [0.3, 0.4) is 0 Å². The Morgan fingerprint density at radius 2 is 2.21 bits per heavy atom. The van der Waals surface area contributed by atoms with Crippen LogP contribution in [-0.2, 0) is 17.6 Å². The van der Waals surface area contributed by atoms with Gasteiger partial charge < -0.3 is 14.8 Å². The van der Waals surface area contributed by atoms with Crippen molar-refractivity contribution >= 4 is 11.9 Å². The highest BCUT2D eigenvalue weighted by Gasteiger charge is 2.26. The predicted molar refractivity (Wildman–Crippen MR) is 84.3 cm³/mol. The Bertz CT molecular complexity index is 796. The molecule has 1 aromatic heterocycles. The lowest BCUT2D eigenvalue weighted by Crippen LogP contribution is -2.31. The Morgan fingerprint density at radius 3 is 2.96 bits per heavy atom. The monoisotopic (exact) mass is 331 g/mol. The van der Waals surface area contributed by atoms with Gasteiger partial charge in [-0.25, -0.2) is 4.39 Å². The molecule has 0 spiro atoms. The van der Waals surface area contributed by atoms with Crippen molar-refractivity contribution in [3.63, 3.8) is 0 Å². The van der Waals surface area contributed by atoms with Crippen LogP contribution in [0.15, 0.2) is 28.9 Å². The number of benzene rings is 1. The van der Waals surface area contributed by atoms with Crippen molar-refractivity contribution in [3.8, 4) is 0 Å². The number of carboxylic acids is 1. The fourth-order valence-corrected chi connectivity index (χ4v) is 3.23. The number of nitrogens with one attached hydrogen (secondary N) is 1. The fraction of sp³-hybridized carbons (Fsp3) is 0.333. The summed E-state index contributed by atoms with van der Waals surface area (Å²) in [6, 6.07) is 4.39. The fourth-order valence-electron chi connectivity index (χ4n) is 3.23. The van der Waals surface area contributed by atoms with E-state index in [9.17, 15) is 14.0 Å². The van der Waals surface area contributed by atoms with Crippen molar-refractivity contribution in [1.82, 2.24) is 5.32 Å². The molecule has 5 nitrogen and oxygen atoms in total. The molecule has 6 heteroatoms. The smallest absolute Gasteiger partial charge is 0.311 e. The Kier molecular flexibility index (Phi) is 4.38. The molecule has 1 aliphatic carbocycles. The molecule has 0 fully saturated rings. The molecule has 126 valence electrons. The minimum atomic E-state index is -1.06. The van der Waals surface area contributed by atoms with E-state index in [1.165, 1.54) is 18.4 Å². The first-order valence-electron chi connectivity index (χ1n) is 7.83. The van der Waals surface area contributed by atoms with Crippen LogP contribution in [0.5, 0.6) is 0 Å². The van der Waals surface area contributed by atoms with Crippen molar-refractivity contribution in [2.75, 3.05) is 0 Å². The maximum Gasteiger partial charge on any atom is 0.311 e. The largest absolute Gasteiger partial charge is 0.481 e. The molecule has 0 saturated carbocycles. The summed E-state index contributed by atoms with van der Waals surface area (Å²) in [5, 5.41) is 11.9. The molecule has 0 bridgehead atoms. The van der Waals surface area contributed by atoms with E-state index < -0.39 is 5.97 Å². The van der Waals surface area contributed by atoms with Crippen LogP contribution in [0.4, 0.5) is 4.39 Å². The molecule has 1 atom stereocenters. The van der Waals surface area contributed by atoms with Gasteiger partial charge in [-0.2, -0.15) is 0 Å². The minimum Gasteiger partial charge on any atom is -0.481 e. The summed E-state index contributed by atoms with van der Waals surface area (Å²) in [6.45, 7) is 1.70. The molecule has 2 aromatic rings. The van der Waals surface area contributed by atoms with Gasteiger partial charge in [-0.15, -0.1) is 0 Å². The molecule has 1 heterocycles. The SMILES string of the molecule is Cc1coc(CC(=O)O)c1C(=O)NC1CCCc2cc(F)ccc21. The van der Waals surface area contributed by atoms with Crippen molar-refractivity contribution in [2.45, 2.75) is 38.6 Å². The molecule has 2 N–H and O–H groups in total. The van der Waals surface area contributed by atoms with E-state index in [-0.39, 0.29) is 35.5 Å². The van der Waals surface area contributed by atoms with Crippen LogP contribution in [0.2, 0.25) is 0 Å². The number of carbonyl (C=O) groups is 2. The Labute approximate surface area is 138 Å². The van der Waals surface area contributed by atoms with Crippen LogP contribution in [0, 0.1) is 12.7 Å². The van der Waals surface area contributed by atoms with E-state index in [0.717, 1.165) is 30.4 Å². The van der Waals surface area contributed by atoms with E-state index >= 15 is 0 Å². The number of halogens is 1. The molecule has 24 heavy (non-hydrogen) atoms. The lowest BCUT2D eigenvalue weighted by Gasteiger charge is -2.26. The average molecular weight is 331 g/mol. The van der Waals surface area contributed by atoms with Crippen molar-refractivity contribution < 1.29 is 23.5 Å². The van der Waals surface area contributed by atoms with Crippen molar-refractivity contribution in [3.05, 3.63) is 58.3 Å². The summed E-state index contributed by atoms with van der Waals surface area (Å²) in [5.41, 5.74) is 2.68. The Hall–Kier alpha value is -2.63. The molecule has 1 amide bonds. The molecule has 3 rings (SSSR count). The molecular formula is C18H18FNO4. The second-order valence-corrected chi connectivity index (χ2v) is 6.05. The molecule has 0 radical (unpaired) electrons. The number of furan rings is 1. The molecule has 1 unspecified atom stereocenters. The Balaban J connectivity index is 1.84. The van der Waals surface area contributed by atoms with Crippen LogP contribution in [-0.4, -0.2) is 17.0 Å². The van der Waals surface area contributed by atoms with Gasteiger partial charge in [0.2, 0.25) is 0 Å². The standard InChI is InChI=1S/C18H18FNO4/c1-10-9-24-15(8-16(21)22)17(10)18(23)20-14-4-2-3-11-7-12(19)5-6-13(11)14/h5-7,9,14H,2-4,8H2,1H3,(H,20,23)(H,21,22). The molecule has 0 saturated heterocycles. The number of hydrogen-bond acceptors (Lipinski definition) is 3. The number of carboxylic acid groups (broad SMARTS) is 1. The molecular weight excluding hydrogens is 313 g/mol. The van der Waals surface area contributed by atoms with Gasteiger partial charge in [-0.3, -0.25) is 9.59 Å². The lowest BCUT2D eigenvalue weighted by atomic mass is 9.87. The van der Waals surface area contributed by atoms with Crippen LogP contribution >= 0.6 is 0 Å². The molecule has 1 aromatic carbocycles. The van der Waals surface area contributed by atoms with Gasteiger partial charge in [0.15, 0.2) is 0 Å². The van der Waals surface area contributed by atoms with Gasteiger partial charge in [0.25, 0.3) is 5.91 Å². The maximum atomic E-state index is 13.4. The summed E-state index contributed by atoms with van der Waals surface area (Å²) in [5.74, 6) is -1.56. The van der Waals surface area contributed by atoms with Gasteiger partial charge in [0.1, 0.15) is 18.0 Å². The highest BCUT2D eigenvalue weighted by Crippen LogP contribution is 2.31. The van der Waals surface area contributed by atoms with E-state index in [4.69, 9.17) is 9.52 Å². The van der Waals surface area contributed by atoms with Crippen LogP contribution in [0.1, 0.15) is 51.7 Å². The van der Waals surface area contributed by atoms with Crippen molar-refractivity contribution in [2.24, 2.45) is 0 Å². The van der Waals surface area contributed by atoms with E-state index in [1.54, 1.807) is 13.0 Å². The van der Waals surface area contributed by atoms with E-state index in [1.807, 2.05) is 0 Å². The first kappa shape index (κ1) is 16.2. The van der Waals surface area contributed by atoms with Gasteiger partial charge >= 0.3 is 5.97 Å². The third-order valence-electron chi connectivity index (χ3n) is 4.31. The minimum absolute atomic E-state index is 0.146. The summed E-state index contributed by atoms with van der Waals surface area (Å²) in [4.78, 5) is 23.5. The summed E-state index contributed by atoms with van der Waals surface area (Å²) in [7, 11) is 0. The second-order valence-electron chi connectivity index (χ2n) is 6.05. The zero-order valence-corrected chi connectivity index (χ0v) is 13.3. The third-order valence-corrected chi connectivity index (χ3v) is 4.31. The highest BCUT2D eigenvalue weighted by atomic mass is 19.1. The lowest BCUT2D eigenvalue weighted by molar-refractivity contribution is -0.136. The average Bonchev–Trinajstić information content (AvgIpc) is 2.87. The van der Waals surface area contributed by atoms with Gasteiger partial charge in [-0.1, -0.05) is 6.07 Å². The van der Waals surface area contributed by atoms with Gasteiger partial charge in [0, 0.05) is 5.56 Å². The van der Waals surface area contributed by atoms with Crippen LogP contribution < -0.4 is 5.32 Å². The summed E-state index contributed by atoms with van der Waals surface area (Å²) < 4.78 is 18.6. The first-order valence-corrected chi connectivity index (χ1v) is 7.83. The number of aliphatic carboxylic acids is 1. The van der Waals surface area contributed by atoms with Gasteiger partial charge in [0.05, 0.1) is 17.9 Å². The quantitative estimate of drug-likeness (QED) is 0.902. The number of rotatable bonds is 4. The first-order chi connectivity index (χ1) is 11.5. The third kappa shape index (κ3) is 3.18. The maximum absolute atomic E-state index is 13.4. The Morgan fingerprint density at radius 1 is 1.42 bits per heavy atom. The number of amides is 1. The predicted octanol–water partition coefficient (Wildman–Crippen LogP) is 3.16. The summed E-state index contributed by atoms with van der Waals surface area (Å²) >= 11 is 0. The number of aryl methyl sites for hydroxylation is 2. The molecule has 1 aliphatic rings. The van der Waals surface area contributed by atoms with Crippen LogP contribution in [0.25, 0.3) is 0 Å². The number of hydrogen-bond donors (Lipinski definition) is 2.